The third kappa shape index (κ3) is 11.5. The SMILES string of the molecule is CC(C)OC(=O)OCOP(=O)(O)CP(=O)(OCOC(=O)OC(C)C)OC[C@@H]1CC[C@H](n2ncc3c(NC4CCCC4)nc(Cl)nc32)O1. The van der Waals surface area contributed by atoms with Gasteiger partial charge in [-0.25, -0.2) is 14.3 Å². The zero-order chi connectivity index (χ0) is 34.2. The summed E-state index contributed by atoms with van der Waals surface area (Å²) in [6.45, 7) is 4.08. The van der Waals surface area contributed by atoms with Crippen molar-refractivity contribution >= 4 is 56.0 Å². The summed E-state index contributed by atoms with van der Waals surface area (Å²) in [4.78, 5) is 42.3. The average Bonchev–Trinajstić information content (AvgIpc) is 3.72. The first-order valence-electron chi connectivity index (χ1n) is 15.1. The molecule has 4 atom stereocenters. The van der Waals surface area contributed by atoms with E-state index in [1.807, 2.05) is 0 Å². The van der Waals surface area contributed by atoms with E-state index >= 15 is 0 Å². The number of halogens is 1. The molecular weight excluding hydrogens is 688 g/mol. The van der Waals surface area contributed by atoms with Crippen LogP contribution < -0.4 is 5.32 Å². The highest BCUT2D eigenvalue weighted by Gasteiger charge is 2.39. The largest absolute Gasteiger partial charge is 0.510 e. The molecule has 1 saturated carbocycles. The second-order valence-corrected chi connectivity index (χ2v) is 16.1. The monoisotopic (exact) mass is 727 g/mol. The van der Waals surface area contributed by atoms with Gasteiger partial charge < -0.3 is 38.4 Å². The van der Waals surface area contributed by atoms with Crippen molar-refractivity contribution in [1.82, 2.24) is 19.7 Å². The lowest BCUT2D eigenvalue weighted by molar-refractivity contribution is -0.0328. The summed E-state index contributed by atoms with van der Waals surface area (Å²) in [6.07, 6.45) is 2.37. The highest BCUT2D eigenvalue weighted by atomic mass is 35.5. The Morgan fingerprint density at radius 2 is 1.64 bits per heavy atom. The van der Waals surface area contributed by atoms with Crippen LogP contribution in [-0.4, -0.2) is 87.4 Å². The molecule has 0 bridgehead atoms. The molecule has 3 heterocycles. The smallest absolute Gasteiger partial charge is 0.432 e. The van der Waals surface area contributed by atoms with E-state index in [-0.39, 0.29) is 17.9 Å². The van der Waals surface area contributed by atoms with Gasteiger partial charge in [0.2, 0.25) is 18.9 Å². The van der Waals surface area contributed by atoms with Crippen LogP contribution in [0.1, 0.15) is 72.4 Å². The molecule has 2 aliphatic rings. The van der Waals surface area contributed by atoms with E-state index in [2.05, 4.69) is 25.1 Å². The fourth-order valence-electron chi connectivity index (χ4n) is 4.81. The van der Waals surface area contributed by atoms with Gasteiger partial charge in [0, 0.05) is 6.04 Å². The lowest BCUT2D eigenvalue weighted by Gasteiger charge is -2.22. The Kier molecular flexibility index (Phi) is 13.2. The van der Waals surface area contributed by atoms with E-state index in [9.17, 15) is 23.6 Å². The number of carbonyl (C=O) groups is 2. The number of fused-ring (bicyclic) bond motifs is 1. The fourth-order valence-corrected chi connectivity index (χ4v) is 8.61. The number of ether oxygens (including phenoxy) is 5. The number of nitrogens with zero attached hydrogens (tertiary/aromatic N) is 4. The average molecular weight is 728 g/mol. The molecule has 2 N–H and O–H groups in total. The normalized spacial score (nSPS) is 21.1. The fraction of sp³-hybridized carbons (Fsp3) is 0.731. The Labute approximate surface area is 276 Å². The van der Waals surface area contributed by atoms with E-state index < -0.39 is 71.5 Å². The van der Waals surface area contributed by atoms with E-state index in [0.29, 0.717) is 29.7 Å². The van der Waals surface area contributed by atoms with Crippen LogP contribution in [0.4, 0.5) is 15.4 Å². The van der Waals surface area contributed by atoms with Crippen LogP contribution in [0.3, 0.4) is 0 Å². The molecule has 1 aliphatic heterocycles. The molecular formula is C26H40ClN5O13P2. The summed E-state index contributed by atoms with van der Waals surface area (Å²) in [5, 5.41) is 8.62. The molecule has 2 unspecified atom stereocenters. The second kappa shape index (κ2) is 16.7. The third-order valence-electron chi connectivity index (χ3n) is 6.81. The zero-order valence-electron chi connectivity index (χ0n) is 26.4. The van der Waals surface area contributed by atoms with Gasteiger partial charge in [-0.3, -0.25) is 18.2 Å². The summed E-state index contributed by atoms with van der Waals surface area (Å²) >= 11 is 6.25. The number of carbonyl (C=O) groups excluding carboxylic acids is 2. The number of anilines is 1. The topological polar surface area (TPSA) is 218 Å². The highest BCUT2D eigenvalue weighted by molar-refractivity contribution is 7.70. The molecule has 1 saturated heterocycles. The molecule has 0 radical (unpaired) electrons. The predicted octanol–water partition coefficient (Wildman–Crippen LogP) is 5.94. The first-order chi connectivity index (χ1) is 22.2. The van der Waals surface area contributed by atoms with Gasteiger partial charge in [-0.2, -0.15) is 15.1 Å². The minimum absolute atomic E-state index is 0.0491. The van der Waals surface area contributed by atoms with Crippen LogP contribution in [0.2, 0.25) is 5.28 Å². The molecule has 4 rings (SSSR count). The predicted molar refractivity (Wildman–Crippen MR) is 165 cm³/mol. The quantitative estimate of drug-likeness (QED) is 0.0885. The summed E-state index contributed by atoms with van der Waals surface area (Å²) in [5.74, 6) is -0.580. The minimum atomic E-state index is -4.76. The van der Waals surface area contributed by atoms with E-state index in [1.54, 1.807) is 38.6 Å². The van der Waals surface area contributed by atoms with Crippen LogP contribution >= 0.6 is 26.8 Å². The molecule has 0 amide bonds. The van der Waals surface area contributed by atoms with Gasteiger partial charge in [-0.05, 0) is 65.0 Å². The van der Waals surface area contributed by atoms with Crippen molar-refractivity contribution in [2.45, 2.75) is 96.8 Å². The second-order valence-electron chi connectivity index (χ2n) is 11.4. The summed E-state index contributed by atoms with van der Waals surface area (Å²) in [5.41, 5.74) is 0.467. The van der Waals surface area contributed by atoms with Gasteiger partial charge in [0.1, 0.15) is 5.82 Å². The van der Waals surface area contributed by atoms with Crippen molar-refractivity contribution in [3.05, 3.63) is 11.5 Å². The Bertz CT molecular complexity index is 1470. The maximum Gasteiger partial charge on any atom is 0.510 e. The third-order valence-corrected chi connectivity index (χ3v) is 11.3. The number of rotatable bonds is 16. The molecule has 0 aromatic carbocycles. The molecule has 0 spiro atoms. The molecule has 18 nitrogen and oxygen atoms in total. The van der Waals surface area contributed by atoms with E-state index in [1.165, 1.54) is 0 Å². The van der Waals surface area contributed by atoms with Crippen molar-refractivity contribution in [3.8, 4) is 0 Å². The van der Waals surface area contributed by atoms with Crippen LogP contribution in [0.15, 0.2) is 6.20 Å². The molecule has 2 aromatic rings. The molecule has 47 heavy (non-hydrogen) atoms. The van der Waals surface area contributed by atoms with Crippen molar-refractivity contribution < 1.29 is 60.9 Å². The molecule has 2 aromatic heterocycles. The highest BCUT2D eigenvalue weighted by Crippen LogP contribution is 2.61. The van der Waals surface area contributed by atoms with E-state index in [4.69, 9.17) is 44.1 Å². The standard InChI is InChI=1S/C26H40ClN5O13P2/c1-16(2)43-25(33)38-13-41-46(35,36)15-47(37,42-14-39-26(34)44-17(3)4)40-12-19-9-10-21(45-19)32-23-20(11-28-32)22(30-24(27)31-23)29-18-7-5-6-8-18/h11,16-19,21H,5-10,12-15H2,1-4H3,(H,35,36)(H,29,30,31)/t19-,21+,47?/m0/s1. The number of aromatic nitrogens is 4. The Hall–Kier alpha value is -2.56. The maximum absolute atomic E-state index is 13.6. The van der Waals surface area contributed by atoms with Crippen molar-refractivity contribution in [1.29, 1.82) is 0 Å². The molecule has 1 aliphatic carbocycles. The first kappa shape index (κ1) is 37.3. The van der Waals surface area contributed by atoms with Crippen LogP contribution in [-0.2, 0) is 46.4 Å². The summed E-state index contributed by atoms with van der Waals surface area (Å²) in [7, 11) is -9.27. The Morgan fingerprint density at radius 3 is 2.28 bits per heavy atom. The molecule has 264 valence electrons. The van der Waals surface area contributed by atoms with Gasteiger partial charge >= 0.3 is 27.5 Å². The van der Waals surface area contributed by atoms with Crippen molar-refractivity contribution in [2.24, 2.45) is 0 Å². The van der Waals surface area contributed by atoms with Crippen LogP contribution in [0, 0.1) is 0 Å². The van der Waals surface area contributed by atoms with Gasteiger partial charge in [-0.1, -0.05) is 12.8 Å². The molecule has 2 fully saturated rings. The van der Waals surface area contributed by atoms with Crippen molar-refractivity contribution in [3.63, 3.8) is 0 Å². The number of hydrogen-bond donors (Lipinski definition) is 2. The van der Waals surface area contributed by atoms with Gasteiger partial charge in [-0.15, -0.1) is 0 Å². The Morgan fingerprint density at radius 1 is 1.00 bits per heavy atom. The first-order valence-corrected chi connectivity index (χ1v) is 18.9. The van der Waals surface area contributed by atoms with Crippen LogP contribution in [0.5, 0.6) is 0 Å². The van der Waals surface area contributed by atoms with Gasteiger partial charge in [0.05, 0.1) is 36.5 Å². The number of nitrogens with one attached hydrogen (secondary N) is 1. The van der Waals surface area contributed by atoms with E-state index in [0.717, 1.165) is 25.7 Å². The molecule has 21 heteroatoms. The maximum atomic E-state index is 13.6. The lowest BCUT2D eigenvalue weighted by atomic mass is 10.2. The van der Waals surface area contributed by atoms with Gasteiger partial charge in [0.25, 0.3) is 0 Å². The summed E-state index contributed by atoms with van der Waals surface area (Å²) in [6, 6.07) is 0.287. The minimum Gasteiger partial charge on any atom is -0.432 e. The Balaban J connectivity index is 1.38. The van der Waals surface area contributed by atoms with Crippen LogP contribution in [0.25, 0.3) is 11.0 Å². The summed E-state index contributed by atoms with van der Waals surface area (Å²) < 4.78 is 68.3. The lowest BCUT2D eigenvalue weighted by Crippen LogP contribution is -2.19. The zero-order valence-corrected chi connectivity index (χ0v) is 29.0. The van der Waals surface area contributed by atoms with Crippen molar-refractivity contribution in [2.75, 3.05) is 31.4 Å². The van der Waals surface area contributed by atoms with Gasteiger partial charge in [0.15, 0.2) is 17.8 Å². The number of hydrogen-bond acceptors (Lipinski definition) is 16.